The van der Waals surface area contributed by atoms with Crippen LogP contribution in [0.15, 0.2) is 41.3 Å². The molecule has 0 spiro atoms. The van der Waals surface area contributed by atoms with Crippen LogP contribution in [0.25, 0.3) is 0 Å². The van der Waals surface area contributed by atoms with Gasteiger partial charge in [0.25, 0.3) is 0 Å². The first kappa shape index (κ1) is 19.8. The number of hydrogen-bond acceptors (Lipinski definition) is 4. The summed E-state index contributed by atoms with van der Waals surface area (Å²) < 4.78 is 57.1. The van der Waals surface area contributed by atoms with Crippen molar-refractivity contribution in [2.75, 3.05) is 26.0 Å². The summed E-state index contributed by atoms with van der Waals surface area (Å²) >= 11 is 0. The first-order valence-electron chi connectivity index (χ1n) is 7.51. The van der Waals surface area contributed by atoms with Crippen LogP contribution in [-0.2, 0) is 14.8 Å². The van der Waals surface area contributed by atoms with Crippen LogP contribution >= 0.6 is 0 Å². The van der Waals surface area contributed by atoms with Crippen LogP contribution in [0.1, 0.15) is 5.56 Å². The zero-order valence-corrected chi connectivity index (χ0v) is 15.2. The topological polar surface area (TPSA) is 75.7 Å². The minimum Gasteiger partial charge on any atom is -0.496 e. The number of rotatable bonds is 6. The number of halogens is 2. The molecule has 26 heavy (non-hydrogen) atoms. The lowest BCUT2D eigenvalue weighted by Crippen LogP contribution is -2.35. The fourth-order valence-corrected chi connectivity index (χ4v) is 3.47. The SMILES string of the molecule is COc1ccc(S(=O)(=O)N(C)CC(=O)Nc2ccc(F)c(F)c2)cc1C. The van der Waals surface area contributed by atoms with Crippen LogP contribution in [-0.4, -0.2) is 39.3 Å². The predicted octanol–water partition coefficient (Wildman–Crippen LogP) is 2.54. The van der Waals surface area contributed by atoms with Crippen molar-refractivity contribution < 1.29 is 26.7 Å². The van der Waals surface area contributed by atoms with Gasteiger partial charge in [-0.1, -0.05) is 0 Å². The van der Waals surface area contributed by atoms with Gasteiger partial charge < -0.3 is 10.1 Å². The van der Waals surface area contributed by atoms with Gasteiger partial charge in [0, 0.05) is 18.8 Å². The highest BCUT2D eigenvalue weighted by Crippen LogP contribution is 2.23. The van der Waals surface area contributed by atoms with Crippen LogP contribution in [0, 0.1) is 18.6 Å². The molecule has 0 saturated carbocycles. The van der Waals surface area contributed by atoms with Gasteiger partial charge >= 0.3 is 0 Å². The summed E-state index contributed by atoms with van der Waals surface area (Å²) in [6.07, 6.45) is 0. The Hall–Kier alpha value is -2.52. The van der Waals surface area contributed by atoms with E-state index in [1.165, 1.54) is 38.4 Å². The van der Waals surface area contributed by atoms with Gasteiger partial charge in [-0.15, -0.1) is 0 Å². The van der Waals surface area contributed by atoms with E-state index in [2.05, 4.69) is 5.32 Å². The second kappa shape index (κ2) is 7.79. The third kappa shape index (κ3) is 4.36. The predicted molar refractivity (Wildman–Crippen MR) is 92.5 cm³/mol. The van der Waals surface area contributed by atoms with E-state index >= 15 is 0 Å². The molecule has 2 rings (SSSR count). The molecule has 1 N–H and O–H groups in total. The quantitative estimate of drug-likeness (QED) is 0.831. The third-order valence-corrected chi connectivity index (χ3v) is 5.44. The Labute approximate surface area is 150 Å². The van der Waals surface area contributed by atoms with Gasteiger partial charge in [0.1, 0.15) is 5.75 Å². The second-order valence-electron chi connectivity index (χ2n) is 5.57. The van der Waals surface area contributed by atoms with Crippen molar-refractivity contribution in [3.8, 4) is 5.75 Å². The summed E-state index contributed by atoms with van der Waals surface area (Å²) in [6, 6.07) is 7.21. The lowest BCUT2D eigenvalue weighted by Gasteiger charge is -2.18. The van der Waals surface area contributed by atoms with E-state index in [0.29, 0.717) is 11.3 Å². The zero-order valence-electron chi connectivity index (χ0n) is 14.4. The lowest BCUT2D eigenvalue weighted by atomic mass is 10.2. The molecule has 0 unspecified atom stereocenters. The molecule has 9 heteroatoms. The largest absolute Gasteiger partial charge is 0.496 e. The summed E-state index contributed by atoms with van der Waals surface area (Å²) in [5.74, 6) is -2.30. The number of nitrogens with zero attached hydrogens (tertiary/aromatic N) is 1. The Morgan fingerprint density at radius 1 is 1.15 bits per heavy atom. The Morgan fingerprint density at radius 3 is 2.42 bits per heavy atom. The average Bonchev–Trinajstić information content (AvgIpc) is 2.57. The summed E-state index contributed by atoms with van der Waals surface area (Å²) in [7, 11) is -1.18. The highest BCUT2D eigenvalue weighted by atomic mass is 32.2. The highest BCUT2D eigenvalue weighted by molar-refractivity contribution is 7.89. The number of likely N-dealkylation sites (N-methyl/N-ethyl adjacent to an activating group) is 1. The van der Waals surface area contributed by atoms with Gasteiger partial charge in [0.2, 0.25) is 15.9 Å². The standard InChI is InChI=1S/C17H18F2N2O4S/c1-11-8-13(5-7-16(11)25-3)26(23,24)21(2)10-17(22)20-12-4-6-14(18)15(19)9-12/h4-9H,10H2,1-3H3,(H,20,22). The number of nitrogens with one attached hydrogen (secondary N) is 1. The minimum atomic E-state index is -3.91. The van der Waals surface area contributed by atoms with E-state index in [-0.39, 0.29) is 10.6 Å². The van der Waals surface area contributed by atoms with Crippen molar-refractivity contribution in [1.29, 1.82) is 0 Å². The van der Waals surface area contributed by atoms with E-state index in [1.807, 2.05) is 0 Å². The Bertz CT molecular complexity index is 932. The monoisotopic (exact) mass is 384 g/mol. The molecule has 0 bridgehead atoms. The lowest BCUT2D eigenvalue weighted by molar-refractivity contribution is -0.116. The molecule has 0 fully saturated rings. The van der Waals surface area contributed by atoms with Gasteiger partial charge in [-0.2, -0.15) is 4.31 Å². The number of benzene rings is 2. The first-order chi connectivity index (χ1) is 12.1. The molecule has 140 valence electrons. The molecule has 1 amide bonds. The number of anilines is 1. The van der Waals surface area contributed by atoms with Crippen LogP contribution < -0.4 is 10.1 Å². The molecule has 0 aliphatic rings. The molecule has 0 aliphatic heterocycles. The number of sulfonamides is 1. The molecule has 0 radical (unpaired) electrons. The molecular weight excluding hydrogens is 366 g/mol. The summed E-state index contributed by atoms with van der Waals surface area (Å²) in [5, 5.41) is 2.32. The van der Waals surface area contributed by atoms with Crippen molar-refractivity contribution in [1.82, 2.24) is 4.31 Å². The molecule has 2 aromatic rings. The average molecular weight is 384 g/mol. The number of carbonyl (C=O) groups is 1. The van der Waals surface area contributed by atoms with Crippen LogP contribution in [0.5, 0.6) is 5.75 Å². The molecule has 2 aromatic carbocycles. The number of hydrogen-bond donors (Lipinski definition) is 1. The van der Waals surface area contributed by atoms with Crippen molar-refractivity contribution in [3.63, 3.8) is 0 Å². The Kier molecular flexibility index (Phi) is 5.94. The van der Waals surface area contributed by atoms with Crippen molar-refractivity contribution in [2.45, 2.75) is 11.8 Å². The molecule has 6 nitrogen and oxygen atoms in total. The van der Waals surface area contributed by atoms with Gasteiger partial charge in [-0.05, 0) is 42.8 Å². The summed E-state index contributed by atoms with van der Waals surface area (Å²) in [4.78, 5) is 12.0. The fourth-order valence-electron chi connectivity index (χ4n) is 2.25. The maximum absolute atomic E-state index is 13.2. The maximum atomic E-state index is 13.2. The van der Waals surface area contributed by atoms with E-state index in [9.17, 15) is 22.0 Å². The van der Waals surface area contributed by atoms with E-state index in [0.717, 1.165) is 16.4 Å². The highest BCUT2D eigenvalue weighted by Gasteiger charge is 2.23. The molecule has 0 aromatic heterocycles. The molecule has 0 heterocycles. The molecular formula is C17H18F2N2O4S. The second-order valence-corrected chi connectivity index (χ2v) is 7.61. The number of carbonyl (C=O) groups excluding carboxylic acids is 1. The summed E-state index contributed by atoms with van der Waals surface area (Å²) in [5.41, 5.74) is 0.660. The van der Waals surface area contributed by atoms with Crippen molar-refractivity contribution in [3.05, 3.63) is 53.6 Å². The van der Waals surface area contributed by atoms with E-state index in [4.69, 9.17) is 4.74 Å². The fraction of sp³-hybridized carbons (Fsp3) is 0.235. The third-order valence-electron chi connectivity index (χ3n) is 3.64. The number of amides is 1. The van der Waals surface area contributed by atoms with Crippen molar-refractivity contribution >= 4 is 21.6 Å². The smallest absolute Gasteiger partial charge is 0.243 e. The first-order valence-corrected chi connectivity index (χ1v) is 8.95. The van der Waals surface area contributed by atoms with Crippen LogP contribution in [0.4, 0.5) is 14.5 Å². The number of ether oxygens (including phenoxy) is 1. The Balaban J connectivity index is 2.11. The number of aryl methyl sites for hydroxylation is 1. The van der Waals surface area contributed by atoms with Gasteiger partial charge in [0.15, 0.2) is 11.6 Å². The molecule has 0 atom stereocenters. The summed E-state index contributed by atoms with van der Waals surface area (Å²) in [6.45, 7) is 1.21. The van der Waals surface area contributed by atoms with E-state index < -0.39 is 34.1 Å². The molecule has 0 saturated heterocycles. The minimum absolute atomic E-state index is 0.0129. The molecule has 0 aliphatic carbocycles. The van der Waals surface area contributed by atoms with E-state index in [1.54, 1.807) is 6.92 Å². The van der Waals surface area contributed by atoms with Gasteiger partial charge in [-0.3, -0.25) is 4.79 Å². The maximum Gasteiger partial charge on any atom is 0.243 e. The normalized spacial score (nSPS) is 11.5. The number of methoxy groups -OCH3 is 1. The Morgan fingerprint density at radius 2 is 1.85 bits per heavy atom. The van der Waals surface area contributed by atoms with Gasteiger partial charge in [0.05, 0.1) is 18.6 Å². The van der Waals surface area contributed by atoms with Gasteiger partial charge in [-0.25, -0.2) is 17.2 Å². The zero-order chi connectivity index (χ0) is 19.5. The van der Waals surface area contributed by atoms with Crippen molar-refractivity contribution in [2.24, 2.45) is 0 Å². The van der Waals surface area contributed by atoms with Crippen LogP contribution in [0.2, 0.25) is 0 Å². The van der Waals surface area contributed by atoms with Crippen LogP contribution in [0.3, 0.4) is 0 Å².